The second-order valence-corrected chi connectivity index (χ2v) is 16.3. The summed E-state index contributed by atoms with van der Waals surface area (Å²) in [5, 5.41) is 28.4. The molecule has 2 heterocycles. The van der Waals surface area contributed by atoms with Gasteiger partial charge in [-0.05, 0) is 78.9 Å². The molecule has 15 heteroatoms. The van der Waals surface area contributed by atoms with Crippen molar-refractivity contribution in [1.82, 2.24) is 29.6 Å². The van der Waals surface area contributed by atoms with Crippen molar-refractivity contribution in [2.75, 3.05) is 32.8 Å². The molecular weight excluding hydrogens is 780 g/mol. The van der Waals surface area contributed by atoms with Gasteiger partial charge in [-0.25, -0.2) is 8.89 Å². The minimum atomic E-state index is -1.90. The number of benzene rings is 4. The van der Waals surface area contributed by atoms with Crippen LogP contribution in [0.5, 0.6) is 0 Å². The summed E-state index contributed by atoms with van der Waals surface area (Å²) < 4.78 is 17.4. The van der Waals surface area contributed by atoms with Gasteiger partial charge in [0, 0.05) is 38.2 Å². The normalized spacial score (nSPS) is 13.2. The van der Waals surface area contributed by atoms with E-state index in [0.29, 0.717) is 43.1 Å². The third-order valence-electron chi connectivity index (χ3n) is 10.3. The number of aromatic nitrogens is 2. The number of nitrogens with zero attached hydrogens (tertiary/aromatic N) is 4. The number of hydrogen-bond donors (Lipinski definition) is 4. The fourth-order valence-corrected chi connectivity index (χ4v) is 7.82. The molecule has 1 aliphatic heterocycles. The number of amides is 4. The largest absolute Gasteiger partial charge is 0.394 e. The van der Waals surface area contributed by atoms with E-state index in [1.165, 1.54) is 28.6 Å². The maximum Gasteiger partial charge on any atom is 0.275 e. The molecule has 5 aromatic rings. The molecule has 13 nitrogen and oxygen atoms in total. The average Bonchev–Trinajstić information content (AvgIpc) is 3.54. The Kier molecular flexibility index (Phi) is 13.4. The minimum absolute atomic E-state index is 0.0182. The number of nitrogens with one attached hydrogen (secondary N) is 2. The zero-order valence-electron chi connectivity index (χ0n) is 32.7. The van der Waals surface area contributed by atoms with E-state index in [0.717, 1.165) is 28.3 Å². The summed E-state index contributed by atoms with van der Waals surface area (Å²) in [5.74, 6) is -2.01. The number of unbranched alkanes of at least 4 members (excludes halogenated alkanes) is 1. The summed E-state index contributed by atoms with van der Waals surface area (Å²) in [4.78, 5) is 58.7. The maximum atomic E-state index is 14.5. The van der Waals surface area contributed by atoms with Crippen molar-refractivity contribution in [3.63, 3.8) is 0 Å². The highest BCUT2D eigenvalue weighted by Crippen LogP contribution is 2.29. The van der Waals surface area contributed by atoms with Crippen LogP contribution >= 0.6 is 11.6 Å². The van der Waals surface area contributed by atoms with Gasteiger partial charge in [-0.1, -0.05) is 79.5 Å². The summed E-state index contributed by atoms with van der Waals surface area (Å²) in [6.07, 6.45) is 1.95. The smallest absolute Gasteiger partial charge is 0.275 e. The van der Waals surface area contributed by atoms with Crippen LogP contribution in [0.4, 0.5) is 0 Å². The van der Waals surface area contributed by atoms with E-state index in [-0.39, 0.29) is 46.4 Å². The summed E-state index contributed by atoms with van der Waals surface area (Å²) in [6, 6.07) is 25.3. The Morgan fingerprint density at radius 2 is 1.64 bits per heavy atom. The van der Waals surface area contributed by atoms with E-state index < -0.39 is 47.5 Å². The predicted molar refractivity (Wildman–Crippen MR) is 222 cm³/mol. The lowest BCUT2D eigenvalue weighted by Crippen LogP contribution is -2.52. The summed E-state index contributed by atoms with van der Waals surface area (Å²) >= 11 is 6.84. The minimum Gasteiger partial charge on any atom is -0.394 e. The average molecular weight is 827 g/mol. The molecule has 1 aliphatic rings. The number of rotatable bonds is 15. The highest BCUT2D eigenvalue weighted by Gasteiger charge is 2.30. The lowest BCUT2D eigenvalue weighted by Gasteiger charge is -2.29. The Morgan fingerprint density at radius 3 is 2.36 bits per heavy atom. The summed E-state index contributed by atoms with van der Waals surface area (Å²) in [6.45, 7) is 5.31. The van der Waals surface area contributed by atoms with E-state index in [1.807, 2.05) is 61.5 Å². The number of fused-ring (bicyclic) bond motifs is 2. The topological polar surface area (TPSA) is 174 Å². The van der Waals surface area contributed by atoms with E-state index in [9.17, 15) is 33.6 Å². The highest BCUT2D eigenvalue weighted by atomic mass is 35.5. The molecule has 6 rings (SSSR count). The molecule has 1 atom stereocenters. The first-order valence-electron chi connectivity index (χ1n) is 19.2. The van der Waals surface area contributed by atoms with Crippen molar-refractivity contribution < 1.29 is 33.6 Å². The Bertz CT molecular complexity index is 2380. The van der Waals surface area contributed by atoms with Crippen molar-refractivity contribution in [2.45, 2.75) is 63.4 Å². The second-order valence-electron chi connectivity index (χ2n) is 14.7. The van der Waals surface area contributed by atoms with E-state index >= 15 is 0 Å². The van der Waals surface area contributed by atoms with Gasteiger partial charge in [0.25, 0.3) is 17.7 Å². The highest BCUT2D eigenvalue weighted by molar-refractivity contribution is 7.83. The van der Waals surface area contributed by atoms with Crippen LogP contribution < -0.4 is 10.0 Å². The fraction of sp³-hybridized carbons (Fsp3) is 0.326. The van der Waals surface area contributed by atoms with Crippen LogP contribution in [0.3, 0.4) is 0 Å². The number of hydrogen-bond acceptors (Lipinski definition) is 8. The molecule has 1 aromatic heterocycles. The van der Waals surface area contributed by atoms with Crippen LogP contribution in [-0.4, -0.2) is 96.0 Å². The van der Waals surface area contributed by atoms with Crippen molar-refractivity contribution in [1.29, 1.82) is 0 Å². The summed E-state index contributed by atoms with van der Waals surface area (Å²) in [5.41, 5.74) is 1.72. The van der Waals surface area contributed by atoms with Crippen LogP contribution in [0.25, 0.3) is 16.5 Å². The van der Waals surface area contributed by atoms with Crippen molar-refractivity contribution >= 4 is 57.0 Å². The molecule has 4 amide bonds. The van der Waals surface area contributed by atoms with E-state index in [2.05, 4.69) is 15.1 Å². The Balaban J connectivity index is 1.32. The monoisotopic (exact) mass is 826 g/mol. The number of aliphatic hydroxyl groups is 2. The molecule has 0 radical (unpaired) electrons. The number of aliphatic hydroxyl groups excluding tert-OH is 2. The molecule has 0 spiro atoms. The second kappa shape index (κ2) is 18.5. The molecular formula is C43H47ClN6O7S. The zero-order chi connectivity index (χ0) is 41.6. The lowest BCUT2D eigenvalue weighted by atomic mass is 9.98. The summed E-state index contributed by atoms with van der Waals surface area (Å²) in [7, 11) is -1.90. The van der Waals surface area contributed by atoms with E-state index in [1.54, 1.807) is 30.0 Å². The predicted octanol–water partition coefficient (Wildman–Crippen LogP) is 5.13. The first-order chi connectivity index (χ1) is 27.9. The van der Waals surface area contributed by atoms with Gasteiger partial charge in [0.15, 0.2) is 16.7 Å². The Hall–Kier alpha value is -5.41. The molecule has 0 fully saturated rings. The van der Waals surface area contributed by atoms with E-state index in [4.69, 9.17) is 11.6 Å². The molecule has 4 aromatic carbocycles. The first-order valence-corrected chi connectivity index (χ1v) is 20.7. The van der Waals surface area contributed by atoms with Gasteiger partial charge in [-0.3, -0.25) is 23.9 Å². The van der Waals surface area contributed by atoms with Crippen LogP contribution in [-0.2, 0) is 28.7 Å². The lowest BCUT2D eigenvalue weighted by molar-refractivity contribution is -0.124. The van der Waals surface area contributed by atoms with Crippen LogP contribution in [0.1, 0.15) is 81.1 Å². The standard InChI is InChI=1S/C43H47ClN6O7S/c1-4-5-20-48(22-19-37(53)45-43(3,26-51)27-52)42(56)39-38(44)28(2)50(46-39)36-17-15-32(24-35(36)41(55)49-21-18-30-11-7-9-13-33(30)25-49)40(54)47-58(57)34-16-14-29-10-6-8-12-31(29)23-34/h6-17,23-24,51-52H,4-5,18-22,25-27H2,1-3H3,(H,45,53)(H,47,54). The molecule has 0 saturated heterocycles. The van der Waals surface area contributed by atoms with Gasteiger partial charge >= 0.3 is 0 Å². The maximum absolute atomic E-state index is 14.5. The zero-order valence-corrected chi connectivity index (χ0v) is 34.2. The third kappa shape index (κ3) is 9.31. The van der Waals surface area contributed by atoms with Crippen molar-refractivity contribution in [3.05, 3.63) is 124 Å². The Labute approximate surface area is 344 Å². The van der Waals surface area contributed by atoms with Gasteiger partial charge in [0.2, 0.25) is 5.91 Å². The number of halogens is 1. The molecule has 58 heavy (non-hydrogen) atoms. The van der Waals surface area contributed by atoms with Gasteiger partial charge in [0.1, 0.15) is 0 Å². The van der Waals surface area contributed by atoms with Crippen molar-refractivity contribution in [3.8, 4) is 5.69 Å². The molecule has 1 unspecified atom stereocenters. The molecule has 0 aliphatic carbocycles. The molecule has 4 N–H and O–H groups in total. The number of carbonyl (C=O) groups is 4. The third-order valence-corrected chi connectivity index (χ3v) is 11.8. The van der Waals surface area contributed by atoms with Gasteiger partial charge in [0.05, 0.1) is 45.6 Å². The van der Waals surface area contributed by atoms with Crippen LogP contribution in [0, 0.1) is 6.92 Å². The van der Waals surface area contributed by atoms with Crippen molar-refractivity contribution in [2.24, 2.45) is 0 Å². The number of carbonyl (C=O) groups excluding carboxylic acids is 4. The van der Waals surface area contributed by atoms with Crippen LogP contribution in [0.15, 0.2) is 89.8 Å². The molecule has 0 saturated carbocycles. The quantitative estimate of drug-likeness (QED) is 0.112. The SMILES string of the molecule is CCCCN(CCC(=O)NC(C)(CO)CO)C(=O)c1nn(-c2ccc(C(=O)NS(=O)c3ccc4ccccc4c3)cc2C(=O)N2CCc3ccccc3C2)c(C)c1Cl. The molecule has 304 valence electrons. The first kappa shape index (κ1) is 42.2. The fourth-order valence-electron chi connectivity index (χ4n) is 6.79. The van der Waals surface area contributed by atoms with Gasteiger partial charge in [-0.2, -0.15) is 5.10 Å². The molecule has 0 bridgehead atoms. The van der Waals surface area contributed by atoms with Crippen LogP contribution in [0.2, 0.25) is 5.02 Å². The Morgan fingerprint density at radius 1 is 0.931 bits per heavy atom. The van der Waals surface area contributed by atoms with Gasteiger partial charge < -0.3 is 25.3 Å². The van der Waals surface area contributed by atoms with Gasteiger partial charge in [-0.15, -0.1) is 0 Å².